The van der Waals surface area contributed by atoms with Gasteiger partial charge >= 0.3 is 4.87 Å². The predicted molar refractivity (Wildman–Crippen MR) is 115 cm³/mol. The lowest BCUT2D eigenvalue weighted by molar-refractivity contribution is -0.114. The van der Waals surface area contributed by atoms with Crippen LogP contribution in [-0.4, -0.2) is 38.5 Å². The molecule has 3 aromatic rings. The molecule has 11 heteroatoms. The van der Waals surface area contributed by atoms with Gasteiger partial charge in [0.1, 0.15) is 6.54 Å². The molecule has 0 saturated carbocycles. The summed E-state index contributed by atoms with van der Waals surface area (Å²) in [6, 6.07) is 9.83. The van der Waals surface area contributed by atoms with E-state index in [1.54, 1.807) is 34.9 Å². The Balaban J connectivity index is 1.56. The Labute approximate surface area is 176 Å². The number of hydrogen-bond donors (Lipinski definition) is 1. The second-order valence-electron chi connectivity index (χ2n) is 6.65. The van der Waals surface area contributed by atoms with E-state index in [2.05, 4.69) is 5.32 Å². The number of thiazole rings is 1. The predicted octanol–water partition coefficient (Wildman–Crippen LogP) is 2.22. The van der Waals surface area contributed by atoms with Crippen molar-refractivity contribution in [1.82, 2.24) is 4.57 Å². The molecule has 30 heavy (non-hydrogen) atoms. The van der Waals surface area contributed by atoms with Crippen LogP contribution < -0.4 is 24.0 Å². The molecule has 0 atom stereocenters. The number of carbonyl (C=O) groups excluding carboxylic acids is 1. The van der Waals surface area contributed by atoms with Crippen molar-refractivity contribution in [3.63, 3.8) is 0 Å². The minimum absolute atomic E-state index is 0.0620. The van der Waals surface area contributed by atoms with Crippen LogP contribution >= 0.6 is 11.3 Å². The Morgan fingerprint density at radius 2 is 1.97 bits per heavy atom. The number of sulfonamides is 1. The molecule has 2 heterocycles. The van der Waals surface area contributed by atoms with E-state index in [4.69, 9.17) is 9.47 Å². The second-order valence-corrected chi connectivity index (χ2v) is 9.55. The lowest BCUT2D eigenvalue weighted by atomic mass is 10.2. The Bertz CT molecular complexity index is 1300. The van der Waals surface area contributed by atoms with Crippen molar-refractivity contribution < 1.29 is 22.7 Å². The van der Waals surface area contributed by atoms with Crippen molar-refractivity contribution >= 4 is 48.9 Å². The van der Waals surface area contributed by atoms with E-state index in [-0.39, 0.29) is 11.7 Å². The highest BCUT2D eigenvalue weighted by Gasteiger charge is 2.24. The molecule has 0 aliphatic carbocycles. The molecule has 4 rings (SSSR count). The molecular weight excluding hydrogens is 430 g/mol. The number of hydrogen-bond acceptors (Lipinski definition) is 7. The zero-order valence-electron chi connectivity index (χ0n) is 16.2. The molecule has 0 radical (unpaired) electrons. The van der Waals surface area contributed by atoms with Crippen molar-refractivity contribution in [3.05, 3.63) is 46.1 Å². The number of anilines is 2. The van der Waals surface area contributed by atoms with E-state index in [1.807, 2.05) is 6.92 Å². The lowest BCUT2D eigenvalue weighted by Gasteiger charge is -2.22. The summed E-state index contributed by atoms with van der Waals surface area (Å²) in [6.45, 7) is 2.09. The third-order valence-corrected chi connectivity index (χ3v) is 6.68. The van der Waals surface area contributed by atoms with Crippen LogP contribution in [0.25, 0.3) is 10.2 Å². The summed E-state index contributed by atoms with van der Waals surface area (Å²) < 4.78 is 38.5. The van der Waals surface area contributed by atoms with Crippen molar-refractivity contribution in [2.24, 2.45) is 0 Å². The largest absolute Gasteiger partial charge is 0.454 e. The average molecular weight is 450 g/mol. The number of benzene rings is 2. The van der Waals surface area contributed by atoms with Crippen molar-refractivity contribution in [2.75, 3.05) is 29.2 Å². The van der Waals surface area contributed by atoms with E-state index in [0.717, 1.165) is 32.1 Å². The Hall–Kier alpha value is -3.05. The van der Waals surface area contributed by atoms with Gasteiger partial charge in [0.15, 0.2) is 11.5 Å². The molecule has 0 unspecified atom stereocenters. The zero-order chi connectivity index (χ0) is 21.5. The molecule has 1 aliphatic rings. The van der Waals surface area contributed by atoms with E-state index in [9.17, 15) is 18.0 Å². The molecule has 1 N–H and O–H groups in total. The van der Waals surface area contributed by atoms with Crippen molar-refractivity contribution in [2.45, 2.75) is 13.5 Å². The first-order chi connectivity index (χ1) is 14.3. The Morgan fingerprint density at radius 1 is 1.20 bits per heavy atom. The molecule has 1 aliphatic heterocycles. The highest BCUT2D eigenvalue weighted by Crippen LogP contribution is 2.36. The van der Waals surface area contributed by atoms with Gasteiger partial charge in [0, 0.05) is 18.3 Å². The lowest BCUT2D eigenvalue weighted by Crippen LogP contribution is -2.37. The maximum atomic E-state index is 12.6. The number of ether oxygens (including phenoxy) is 2. The summed E-state index contributed by atoms with van der Waals surface area (Å²) in [4.78, 5) is 24.5. The third-order valence-electron chi connectivity index (χ3n) is 4.60. The topological polar surface area (TPSA) is 107 Å². The van der Waals surface area contributed by atoms with E-state index < -0.39 is 22.5 Å². The summed E-state index contributed by atoms with van der Waals surface area (Å²) in [5, 5.41) is 2.70. The van der Waals surface area contributed by atoms with E-state index >= 15 is 0 Å². The smallest absolute Gasteiger partial charge is 0.308 e. The molecule has 0 spiro atoms. The fourth-order valence-electron chi connectivity index (χ4n) is 3.21. The van der Waals surface area contributed by atoms with Gasteiger partial charge in [0.05, 0.1) is 22.2 Å². The molecule has 2 aromatic carbocycles. The van der Waals surface area contributed by atoms with Crippen LogP contribution in [0.1, 0.15) is 6.92 Å². The molecule has 9 nitrogen and oxygen atoms in total. The number of fused-ring (bicyclic) bond motifs is 2. The molecule has 158 valence electrons. The number of aryl methyl sites for hydroxylation is 1. The van der Waals surface area contributed by atoms with Crippen LogP contribution in [-0.2, 0) is 21.4 Å². The van der Waals surface area contributed by atoms with Gasteiger partial charge in [-0.2, -0.15) is 0 Å². The van der Waals surface area contributed by atoms with Gasteiger partial charge < -0.3 is 14.8 Å². The number of rotatable bonds is 6. The Kier molecular flexibility index (Phi) is 5.16. The minimum atomic E-state index is -3.73. The van der Waals surface area contributed by atoms with E-state index in [0.29, 0.717) is 29.4 Å². The van der Waals surface area contributed by atoms with Gasteiger partial charge in [-0.25, -0.2) is 8.42 Å². The highest BCUT2D eigenvalue weighted by atomic mass is 32.2. The summed E-state index contributed by atoms with van der Waals surface area (Å²) in [5.74, 6) is 0.421. The van der Waals surface area contributed by atoms with Gasteiger partial charge in [-0.05, 0) is 37.3 Å². The summed E-state index contributed by atoms with van der Waals surface area (Å²) in [6.07, 6.45) is 1.03. The number of amides is 1. The normalized spacial score (nSPS) is 12.9. The standard InChI is InChI=1S/C19H19N3O6S2/c1-3-21-14-6-4-12(8-17(14)29-19(21)24)20-18(23)10-22(30(2,25)26)13-5-7-15-16(9-13)28-11-27-15/h4-9H,3,10-11H2,1-2H3,(H,20,23). The van der Waals surface area contributed by atoms with Gasteiger partial charge in [0.2, 0.25) is 22.7 Å². The Morgan fingerprint density at radius 3 is 2.70 bits per heavy atom. The fraction of sp³-hybridized carbons (Fsp3) is 0.263. The molecule has 0 saturated heterocycles. The van der Waals surface area contributed by atoms with E-state index in [1.165, 1.54) is 6.07 Å². The monoisotopic (exact) mass is 449 g/mol. The molecule has 1 aromatic heterocycles. The summed E-state index contributed by atoms with van der Waals surface area (Å²) in [7, 11) is -3.73. The van der Waals surface area contributed by atoms with Crippen LogP contribution in [0.5, 0.6) is 11.5 Å². The van der Waals surface area contributed by atoms with Crippen LogP contribution in [0, 0.1) is 0 Å². The first-order valence-electron chi connectivity index (χ1n) is 9.07. The average Bonchev–Trinajstić information content (AvgIpc) is 3.27. The second kappa shape index (κ2) is 7.65. The molecular formula is C19H19N3O6S2. The molecule has 0 fully saturated rings. The minimum Gasteiger partial charge on any atom is -0.454 e. The highest BCUT2D eigenvalue weighted by molar-refractivity contribution is 7.92. The maximum Gasteiger partial charge on any atom is 0.308 e. The van der Waals surface area contributed by atoms with Gasteiger partial charge in [-0.1, -0.05) is 11.3 Å². The van der Waals surface area contributed by atoms with Crippen LogP contribution in [0.15, 0.2) is 41.2 Å². The van der Waals surface area contributed by atoms with Crippen LogP contribution in [0.2, 0.25) is 0 Å². The first kappa shape index (κ1) is 20.2. The zero-order valence-corrected chi connectivity index (χ0v) is 17.9. The number of nitrogens with zero attached hydrogens (tertiary/aromatic N) is 2. The molecule has 0 bridgehead atoms. The SMILES string of the molecule is CCn1c(=O)sc2cc(NC(=O)CN(c3ccc4c(c3)OCO4)S(C)(=O)=O)ccc21. The van der Waals surface area contributed by atoms with Gasteiger partial charge in [-0.15, -0.1) is 0 Å². The quantitative estimate of drug-likeness (QED) is 0.618. The van der Waals surface area contributed by atoms with Crippen LogP contribution in [0.3, 0.4) is 0 Å². The molecule has 1 amide bonds. The van der Waals surface area contributed by atoms with Crippen molar-refractivity contribution in [3.8, 4) is 11.5 Å². The fourth-order valence-corrected chi connectivity index (χ4v) is 5.06. The number of nitrogens with one attached hydrogen (secondary N) is 1. The third kappa shape index (κ3) is 3.85. The van der Waals surface area contributed by atoms with Crippen molar-refractivity contribution in [1.29, 1.82) is 0 Å². The first-order valence-corrected chi connectivity index (χ1v) is 11.7. The number of aromatic nitrogens is 1. The van der Waals surface area contributed by atoms with Crippen LogP contribution in [0.4, 0.5) is 11.4 Å². The maximum absolute atomic E-state index is 12.6. The number of carbonyl (C=O) groups is 1. The van der Waals surface area contributed by atoms with Gasteiger partial charge in [-0.3, -0.25) is 18.5 Å². The summed E-state index contributed by atoms with van der Waals surface area (Å²) in [5.41, 5.74) is 1.57. The summed E-state index contributed by atoms with van der Waals surface area (Å²) >= 11 is 1.10. The van der Waals surface area contributed by atoms with Gasteiger partial charge in [0.25, 0.3) is 0 Å².